The fourth-order valence-electron chi connectivity index (χ4n) is 0.771. The molecule has 0 saturated carbocycles. The highest BCUT2D eigenvalue weighted by molar-refractivity contribution is 5.21. The van der Waals surface area contributed by atoms with Crippen molar-refractivity contribution in [3.05, 3.63) is 29.6 Å². The molecule has 0 amide bonds. The standard InChI is InChI=1S/C7H9N2O/c8-3-6-1-2-9-4-7(6)5-10/h1-2,4,8,10H,3,5H2. The van der Waals surface area contributed by atoms with Crippen LogP contribution in [0.3, 0.4) is 0 Å². The van der Waals surface area contributed by atoms with E-state index in [1.807, 2.05) is 0 Å². The Morgan fingerprint density at radius 2 is 2.30 bits per heavy atom. The molecule has 0 fully saturated rings. The Morgan fingerprint density at radius 3 is 2.80 bits per heavy atom. The third-order valence-corrected chi connectivity index (χ3v) is 1.37. The van der Waals surface area contributed by atoms with E-state index >= 15 is 0 Å². The van der Waals surface area contributed by atoms with Crippen molar-refractivity contribution in [1.82, 2.24) is 10.7 Å². The van der Waals surface area contributed by atoms with Crippen molar-refractivity contribution in [3.8, 4) is 0 Å². The molecule has 0 aromatic carbocycles. The average Bonchev–Trinajstić information content (AvgIpc) is 2.04. The van der Waals surface area contributed by atoms with Crippen LogP contribution in [0, 0.1) is 0 Å². The minimum absolute atomic E-state index is 0.0257. The molecule has 1 aromatic heterocycles. The third kappa shape index (κ3) is 1.32. The summed E-state index contributed by atoms with van der Waals surface area (Å²) in [6, 6.07) is 1.75. The van der Waals surface area contributed by atoms with Crippen LogP contribution in [0.4, 0.5) is 0 Å². The minimum Gasteiger partial charge on any atom is -0.392 e. The fraction of sp³-hybridized carbons (Fsp3) is 0.286. The molecule has 3 nitrogen and oxygen atoms in total. The predicted octanol–water partition coefficient (Wildman–Crippen LogP) is 0.357. The maximum atomic E-state index is 8.73. The molecule has 53 valence electrons. The average molecular weight is 137 g/mol. The summed E-state index contributed by atoms with van der Waals surface area (Å²) >= 11 is 0. The number of aliphatic hydroxyl groups excluding tert-OH is 1. The molecule has 3 heteroatoms. The molecule has 0 aliphatic heterocycles. The Bertz CT molecular complexity index is 190. The van der Waals surface area contributed by atoms with Crippen LogP contribution in [0.25, 0.3) is 0 Å². The number of pyridine rings is 1. The van der Waals surface area contributed by atoms with Crippen LogP contribution in [-0.2, 0) is 13.2 Å². The molecule has 0 bridgehead atoms. The van der Waals surface area contributed by atoms with Crippen molar-refractivity contribution in [3.63, 3.8) is 0 Å². The van der Waals surface area contributed by atoms with Crippen molar-refractivity contribution >= 4 is 0 Å². The van der Waals surface area contributed by atoms with Crippen LogP contribution < -0.4 is 5.73 Å². The van der Waals surface area contributed by atoms with E-state index in [-0.39, 0.29) is 13.2 Å². The predicted molar refractivity (Wildman–Crippen MR) is 37.0 cm³/mol. The van der Waals surface area contributed by atoms with Crippen molar-refractivity contribution in [2.24, 2.45) is 0 Å². The molecular weight excluding hydrogens is 128 g/mol. The van der Waals surface area contributed by atoms with Gasteiger partial charge in [0.05, 0.1) is 6.61 Å². The molecule has 1 rings (SSSR count). The van der Waals surface area contributed by atoms with Gasteiger partial charge in [-0.3, -0.25) is 10.7 Å². The number of aliphatic hydroxyl groups is 1. The summed E-state index contributed by atoms with van der Waals surface area (Å²) in [5.74, 6) is 0. The quantitative estimate of drug-likeness (QED) is 0.639. The molecular formula is C7H9N2O. The van der Waals surface area contributed by atoms with Gasteiger partial charge in [-0.05, 0) is 11.6 Å². The minimum atomic E-state index is -0.0257. The number of nitrogens with one attached hydrogen (secondary N) is 1. The van der Waals surface area contributed by atoms with Gasteiger partial charge >= 0.3 is 0 Å². The summed E-state index contributed by atoms with van der Waals surface area (Å²) in [6.07, 6.45) is 3.22. The van der Waals surface area contributed by atoms with Crippen LogP contribution in [0.2, 0.25) is 0 Å². The summed E-state index contributed by atoms with van der Waals surface area (Å²) in [7, 11) is 0. The van der Waals surface area contributed by atoms with Gasteiger partial charge in [-0.15, -0.1) is 0 Å². The van der Waals surface area contributed by atoms with Gasteiger partial charge in [-0.1, -0.05) is 0 Å². The van der Waals surface area contributed by atoms with E-state index in [1.54, 1.807) is 18.5 Å². The van der Waals surface area contributed by atoms with E-state index in [2.05, 4.69) is 4.98 Å². The zero-order chi connectivity index (χ0) is 7.40. The number of hydrogen-bond donors (Lipinski definition) is 1. The zero-order valence-electron chi connectivity index (χ0n) is 5.54. The molecule has 1 radical (unpaired) electrons. The van der Waals surface area contributed by atoms with E-state index in [1.165, 1.54) is 0 Å². The normalized spacial score (nSPS) is 9.80. The lowest BCUT2D eigenvalue weighted by Crippen LogP contribution is -1.94. The molecule has 0 atom stereocenters. The lowest BCUT2D eigenvalue weighted by Gasteiger charge is -2.00. The lowest BCUT2D eigenvalue weighted by molar-refractivity contribution is 0.280. The topological polar surface area (TPSA) is 56.9 Å². The Balaban J connectivity index is 2.96. The Morgan fingerprint density at radius 1 is 1.50 bits per heavy atom. The van der Waals surface area contributed by atoms with Gasteiger partial charge in [0.25, 0.3) is 0 Å². The van der Waals surface area contributed by atoms with Crippen LogP contribution >= 0.6 is 0 Å². The summed E-state index contributed by atoms with van der Waals surface area (Å²) in [5.41, 5.74) is 8.64. The van der Waals surface area contributed by atoms with Gasteiger partial charge in [-0.2, -0.15) is 0 Å². The molecule has 0 aliphatic rings. The first kappa shape index (κ1) is 7.18. The Labute approximate surface area is 59.5 Å². The van der Waals surface area contributed by atoms with Gasteiger partial charge in [0, 0.05) is 24.5 Å². The van der Waals surface area contributed by atoms with Gasteiger partial charge in [0.1, 0.15) is 0 Å². The summed E-state index contributed by atoms with van der Waals surface area (Å²) in [6.45, 7) is 0.181. The fourth-order valence-corrected chi connectivity index (χ4v) is 0.771. The first-order valence-electron chi connectivity index (χ1n) is 3.05. The SMILES string of the molecule is [NH]Cc1ccncc1CO. The maximum absolute atomic E-state index is 8.73. The molecule has 0 unspecified atom stereocenters. The molecule has 1 heterocycles. The van der Waals surface area contributed by atoms with Gasteiger partial charge < -0.3 is 5.11 Å². The molecule has 1 aromatic rings. The second-order valence-electron chi connectivity index (χ2n) is 1.98. The van der Waals surface area contributed by atoms with Gasteiger partial charge in [0.15, 0.2) is 0 Å². The molecule has 2 N–H and O–H groups in total. The summed E-state index contributed by atoms with van der Waals surface area (Å²) in [4.78, 5) is 3.82. The second kappa shape index (κ2) is 3.29. The molecule has 0 aliphatic carbocycles. The van der Waals surface area contributed by atoms with E-state index in [9.17, 15) is 0 Å². The van der Waals surface area contributed by atoms with Gasteiger partial charge in [-0.25, -0.2) is 0 Å². The maximum Gasteiger partial charge on any atom is 0.0700 e. The smallest absolute Gasteiger partial charge is 0.0700 e. The van der Waals surface area contributed by atoms with Crippen LogP contribution in [0.1, 0.15) is 11.1 Å². The van der Waals surface area contributed by atoms with E-state index < -0.39 is 0 Å². The first-order valence-corrected chi connectivity index (χ1v) is 3.05. The van der Waals surface area contributed by atoms with Crippen LogP contribution in [0.15, 0.2) is 18.5 Å². The van der Waals surface area contributed by atoms with E-state index in [4.69, 9.17) is 10.8 Å². The molecule has 10 heavy (non-hydrogen) atoms. The van der Waals surface area contributed by atoms with Crippen LogP contribution in [0.5, 0.6) is 0 Å². The van der Waals surface area contributed by atoms with Crippen molar-refractivity contribution < 1.29 is 5.11 Å². The first-order chi connectivity index (χ1) is 4.88. The highest BCUT2D eigenvalue weighted by Gasteiger charge is 1.96. The van der Waals surface area contributed by atoms with E-state index in [0.717, 1.165) is 11.1 Å². The number of nitrogens with zero attached hydrogens (tertiary/aromatic N) is 1. The van der Waals surface area contributed by atoms with E-state index in [0.29, 0.717) is 0 Å². The van der Waals surface area contributed by atoms with Crippen molar-refractivity contribution in [2.45, 2.75) is 13.2 Å². The third-order valence-electron chi connectivity index (χ3n) is 1.37. The van der Waals surface area contributed by atoms with Gasteiger partial charge in [0.2, 0.25) is 0 Å². The van der Waals surface area contributed by atoms with Crippen LogP contribution in [-0.4, -0.2) is 10.1 Å². The van der Waals surface area contributed by atoms with Crippen molar-refractivity contribution in [2.75, 3.05) is 0 Å². The monoisotopic (exact) mass is 137 g/mol. The Kier molecular flexibility index (Phi) is 2.36. The summed E-state index contributed by atoms with van der Waals surface area (Å²) in [5, 5.41) is 8.73. The number of aromatic nitrogens is 1. The second-order valence-corrected chi connectivity index (χ2v) is 1.98. The lowest BCUT2D eigenvalue weighted by atomic mass is 10.1. The zero-order valence-corrected chi connectivity index (χ0v) is 5.54. The highest BCUT2D eigenvalue weighted by Crippen LogP contribution is 2.04. The largest absolute Gasteiger partial charge is 0.392 e. The highest BCUT2D eigenvalue weighted by atomic mass is 16.3. The molecule has 0 saturated heterocycles. The Hall–Kier alpha value is -0.930. The number of rotatable bonds is 2. The van der Waals surface area contributed by atoms with Crippen molar-refractivity contribution in [1.29, 1.82) is 0 Å². The number of hydrogen-bond acceptors (Lipinski definition) is 2. The molecule has 0 spiro atoms. The summed E-state index contributed by atoms with van der Waals surface area (Å²) < 4.78 is 0.